The highest BCUT2D eigenvalue weighted by Crippen LogP contribution is 2.19. The predicted molar refractivity (Wildman–Crippen MR) is 111 cm³/mol. The summed E-state index contributed by atoms with van der Waals surface area (Å²) in [5.74, 6) is -0.407. The zero-order valence-corrected chi connectivity index (χ0v) is 16.5. The molecule has 3 heterocycles. The van der Waals surface area contributed by atoms with Crippen LogP contribution in [0, 0.1) is 12.7 Å². The summed E-state index contributed by atoms with van der Waals surface area (Å²) in [6, 6.07) is 13.1. The fraction of sp³-hybridized carbons (Fsp3) is 0.136. The molecule has 0 saturated heterocycles. The second-order valence-corrected chi connectivity index (χ2v) is 7.94. The highest BCUT2D eigenvalue weighted by Gasteiger charge is 2.11. The van der Waals surface area contributed by atoms with Crippen molar-refractivity contribution < 1.29 is 9.18 Å². The number of benzene rings is 1. The number of Topliss-reactive ketones (excluding diaryl/α,β-unsaturated/α-hetero) is 1. The average Bonchev–Trinajstić information content (AvgIpc) is 3.36. The lowest BCUT2D eigenvalue weighted by Crippen LogP contribution is -2.16. The second kappa shape index (κ2) is 7.97. The number of hydrogen-bond acceptors (Lipinski definition) is 4. The summed E-state index contributed by atoms with van der Waals surface area (Å²) in [4.78, 5) is 30.4. The molecule has 0 fully saturated rings. The van der Waals surface area contributed by atoms with Gasteiger partial charge in [0.2, 0.25) is 0 Å². The van der Waals surface area contributed by atoms with E-state index in [1.807, 2.05) is 19.1 Å². The number of aromatic nitrogens is 3. The van der Waals surface area contributed by atoms with E-state index in [1.54, 1.807) is 41.4 Å². The van der Waals surface area contributed by atoms with Gasteiger partial charge in [-0.25, -0.2) is 9.37 Å². The Morgan fingerprint density at radius 2 is 2.03 bits per heavy atom. The van der Waals surface area contributed by atoms with Gasteiger partial charge < -0.3 is 4.57 Å². The maximum atomic E-state index is 14.6. The third-order valence-corrected chi connectivity index (χ3v) is 5.61. The molecule has 146 valence electrons. The molecule has 0 aliphatic carbocycles. The number of pyridine rings is 1. The molecule has 0 N–H and O–H groups in total. The number of carbonyl (C=O) groups excluding carboxylic acids is 1. The van der Waals surface area contributed by atoms with Crippen molar-refractivity contribution in [1.29, 1.82) is 0 Å². The quantitative estimate of drug-likeness (QED) is 0.447. The van der Waals surface area contributed by atoms with E-state index in [0.29, 0.717) is 18.5 Å². The normalized spacial score (nSPS) is 11.0. The molecule has 0 spiro atoms. The fourth-order valence-corrected chi connectivity index (χ4v) is 3.90. The Balaban J connectivity index is 1.49. The van der Waals surface area contributed by atoms with Crippen molar-refractivity contribution in [3.8, 4) is 11.4 Å². The topological polar surface area (TPSA) is 56.9 Å². The smallest absolute Gasteiger partial charge is 0.255 e. The van der Waals surface area contributed by atoms with Crippen LogP contribution in [0.2, 0.25) is 0 Å². The Hall–Kier alpha value is -3.32. The predicted octanol–water partition coefficient (Wildman–Crippen LogP) is 4.35. The van der Waals surface area contributed by atoms with E-state index >= 15 is 0 Å². The van der Waals surface area contributed by atoms with Crippen molar-refractivity contribution in [3.05, 3.63) is 98.9 Å². The monoisotopic (exact) mass is 407 g/mol. The number of ketones is 1. The van der Waals surface area contributed by atoms with Gasteiger partial charge >= 0.3 is 0 Å². The lowest BCUT2D eigenvalue weighted by atomic mass is 10.1. The SMILES string of the molecule is Cc1ccc(C(=O)CCc2cn(-c3ccc(-n4ccccc4=O)c(F)c3)cn2)s1. The first-order valence-corrected chi connectivity index (χ1v) is 9.93. The summed E-state index contributed by atoms with van der Waals surface area (Å²) in [6.07, 6.45) is 5.81. The van der Waals surface area contributed by atoms with Gasteiger partial charge in [-0.05, 0) is 43.7 Å². The van der Waals surface area contributed by atoms with Gasteiger partial charge in [-0.15, -0.1) is 11.3 Å². The number of carbonyl (C=O) groups is 1. The van der Waals surface area contributed by atoms with E-state index in [1.165, 1.54) is 34.2 Å². The van der Waals surface area contributed by atoms with E-state index in [9.17, 15) is 14.0 Å². The van der Waals surface area contributed by atoms with Crippen LogP contribution in [-0.2, 0) is 6.42 Å². The molecular weight excluding hydrogens is 389 g/mol. The van der Waals surface area contributed by atoms with Crippen molar-refractivity contribution in [2.75, 3.05) is 0 Å². The molecule has 29 heavy (non-hydrogen) atoms. The molecule has 7 heteroatoms. The zero-order valence-electron chi connectivity index (χ0n) is 15.7. The van der Waals surface area contributed by atoms with Crippen molar-refractivity contribution >= 4 is 17.1 Å². The third kappa shape index (κ3) is 4.09. The summed E-state index contributed by atoms with van der Waals surface area (Å²) in [5, 5.41) is 0. The standard InChI is InChI=1S/C22H18FN3O2S/c1-15-5-10-21(29-15)20(27)9-6-16-13-25(14-24-16)17-7-8-19(18(23)12-17)26-11-3-2-4-22(26)28/h2-5,7-8,10-14H,6,9H2,1H3. The molecule has 3 aromatic heterocycles. The van der Waals surface area contributed by atoms with E-state index in [4.69, 9.17) is 0 Å². The van der Waals surface area contributed by atoms with Crippen molar-refractivity contribution in [1.82, 2.24) is 14.1 Å². The molecule has 0 aliphatic heterocycles. The third-order valence-electron chi connectivity index (χ3n) is 4.57. The first-order valence-electron chi connectivity index (χ1n) is 9.12. The summed E-state index contributed by atoms with van der Waals surface area (Å²) in [6.45, 7) is 1.97. The van der Waals surface area contributed by atoms with E-state index in [-0.39, 0.29) is 17.0 Å². The van der Waals surface area contributed by atoms with E-state index < -0.39 is 5.82 Å². The Morgan fingerprint density at radius 3 is 2.76 bits per heavy atom. The Morgan fingerprint density at radius 1 is 1.17 bits per heavy atom. The summed E-state index contributed by atoms with van der Waals surface area (Å²) < 4.78 is 17.6. The van der Waals surface area contributed by atoms with Gasteiger partial charge in [0, 0.05) is 41.5 Å². The van der Waals surface area contributed by atoms with Crippen molar-refractivity contribution in [3.63, 3.8) is 0 Å². The molecule has 0 amide bonds. The minimum absolute atomic E-state index is 0.0985. The number of nitrogens with zero attached hydrogens (tertiary/aromatic N) is 3. The molecule has 0 aliphatic rings. The van der Waals surface area contributed by atoms with Crippen LogP contribution in [0.25, 0.3) is 11.4 Å². The average molecular weight is 407 g/mol. The number of hydrogen-bond donors (Lipinski definition) is 0. The molecule has 0 bridgehead atoms. The van der Waals surface area contributed by atoms with Crippen LogP contribution in [0.4, 0.5) is 4.39 Å². The molecule has 4 aromatic rings. The van der Waals surface area contributed by atoms with E-state index in [2.05, 4.69) is 4.98 Å². The maximum Gasteiger partial charge on any atom is 0.255 e. The Kier molecular flexibility index (Phi) is 5.22. The first-order chi connectivity index (χ1) is 14.0. The van der Waals surface area contributed by atoms with E-state index in [0.717, 1.165) is 15.4 Å². The van der Waals surface area contributed by atoms with Crippen LogP contribution in [-0.4, -0.2) is 19.9 Å². The summed E-state index contributed by atoms with van der Waals surface area (Å²) in [7, 11) is 0. The zero-order chi connectivity index (χ0) is 20.4. The molecule has 0 radical (unpaired) electrons. The highest BCUT2D eigenvalue weighted by atomic mass is 32.1. The Bertz CT molecular complexity index is 1240. The van der Waals surface area contributed by atoms with Gasteiger partial charge in [-0.3, -0.25) is 14.2 Å². The molecule has 5 nitrogen and oxygen atoms in total. The second-order valence-electron chi connectivity index (χ2n) is 6.65. The number of halogens is 1. The number of thiophene rings is 1. The molecule has 1 aromatic carbocycles. The first kappa shape index (κ1) is 19.0. The van der Waals surface area contributed by atoms with Crippen LogP contribution in [0.15, 0.2) is 72.0 Å². The summed E-state index contributed by atoms with van der Waals surface area (Å²) in [5.41, 5.74) is 1.25. The van der Waals surface area contributed by atoms with Crippen molar-refractivity contribution in [2.45, 2.75) is 19.8 Å². The van der Waals surface area contributed by atoms with Crippen LogP contribution >= 0.6 is 11.3 Å². The molecule has 4 rings (SSSR count). The number of imidazole rings is 1. The highest BCUT2D eigenvalue weighted by molar-refractivity contribution is 7.14. The lowest BCUT2D eigenvalue weighted by molar-refractivity contribution is 0.0986. The molecular formula is C22H18FN3O2S. The van der Waals surface area contributed by atoms with Gasteiger partial charge in [-0.2, -0.15) is 0 Å². The van der Waals surface area contributed by atoms with Gasteiger partial charge in [0.05, 0.1) is 22.6 Å². The minimum Gasteiger partial charge on any atom is -0.306 e. The van der Waals surface area contributed by atoms with Crippen molar-refractivity contribution in [2.24, 2.45) is 0 Å². The van der Waals surface area contributed by atoms with Crippen LogP contribution in [0.3, 0.4) is 0 Å². The summed E-state index contributed by atoms with van der Waals surface area (Å²) >= 11 is 1.49. The number of rotatable bonds is 6. The van der Waals surface area contributed by atoms with Crippen LogP contribution in [0.5, 0.6) is 0 Å². The fourth-order valence-electron chi connectivity index (χ4n) is 3.06. The Labute approximate surface area is 170 Å². The lowest BCUT2D eigenvalue weighted by Gasteiger charge is -2.09. The van der Waals surface area contributed by atoms with Crippen LogP contribution < -0.4 is 5.56 Å². The molecule has 0 atom stereocenters. The van der Waals surface area contributed by atoms with Gasteiger partial charge in [0.25, 0.3) is 5.56 Å². The largest absolute Gasteiger partial charge is 0.306 e. The van der Waals surface area contributed by atoms with Gasteiger partial charge in [0.1, 0.15) is 5.82 Å². The van der Waals surface area contributed by atoms with Crippen LogP contribution in [0.1, 0.15) is 26.7 Å². The van der Waals surface area contributed by atoms with Gasteiger partial charge in [-0.1, -0.05) is 6.07 Å². The molecule has 0 unspecified atom stereocenters. The molecule has 0 saturated carbocycles. The number of aryl methyl sites for hydroxylation is 2. The maximum absolute atomic E-state index is 14.6. The van der Waals surface area contributed by atoms with Gasteiger partial charge in [0.15, 0.2) is 5.78 Å². The minimum atomic E-state index is -0.505.